The Kier molecular flexibility index (Phi) is 4.26. The average molecular weight is 274 g/mol. The van der Waals surface area contributed by atoms with E-state index in [1.165, 1.54) is 11.1 Å². The van der Waals surface area contributed by atoms with Crippen LogP contribution in [0.15, 0.2) is 12.1 Å². The first-order valence-electron chi connectivity index (χ1n) is 7.25. The molecule has 3 heteroatoms. The predicted molar refractivity (Wildman–Crippen MR) is 78.2 cm³/mol. The number of hydrogen-bond donors (Lipinski definition) is 0. The molecule has 0 radical (unpaired) electrons. The van der Waals surface area contributed by atoms with Crippen molar-refractivity contribution < 1.29 is 14.3 Å². The second kappa shape index (κ2) is 5.78. The Bertz CT molecular complexity index is 545. The molecule has 1 aliphatic carbocycles. The molecule has 108 valence electrons. The van der Waals surface area contributed by atoms with Gasteiger partial charge in [-0.15, -0.1) is 0 Å². The van der Waals surface area contributed by atoms with Crippen LogP contribution in [0.2, 0.25) is 0 Å². The van der Waals surface area contributed by atoms with E-state index in [0.717, 1.165) is 17.5 Å². The molecule has 0 spiro atoms. The maximum absolute atomic E-state index is 11.7. The van der Waals surface area contributed by atoms with Gasteiger partial charge in [0.1, 0.15) is 0 Å². The number of carbonyl (C=O) groups excluding carboxylic acids is 2. The number of esters is 1. The van der Waals surface area contributed by atoms with E-state index >= 15 is 0 Å². The highest BCUT2D eigenvalue weighted by molar-refractivity contribution is 5.96. The van der Waals surface area contributed by atoms with Crippen LogP contribution in [-0.2, 0) is 9.53 Å². The number of Topliss-reactive ketones (excluding diaryl/α,β-unsaturated/α-hetero) is 1. The van der Waals surface area contributed by atoms with Crippen LogP contribution in [0, 0.1) is 6.92 Å². The van der Waals surface area contributed by atoms with E-state index in [4.69, 9.17) is 4.74 Å². The van der Waals surface area contributed by atoms with Crippen LogP contribution in [-0.4, -0.2) is 18.4 Å². The van der Waals surface area contributed by atoms with E-state index in [-0.39, 0.29) is 17.7 Å². The summed E-state index contributed by atoms with van der Waals surface area (Å²) in [6.07, 6.45) is 1.39. The third-order valence-corrected chi connectivity index (χ3v) is 4.14. The fraction of sp³-hybridized carbons (Fsp3) is 0.529. The zero-order chi connectivity index (χ0) is 14.9. The summed E-state index contributed by atoms with van der Waals surface area (Å²) in [5.41, 5.74) is 4.23. The molecule has 0 unspecified atom stereocenters. The van der Waals surface area contributed by atoms with Crippen molar-refractivity contribution in [2.75, 3.05) is 6.61 Å². The Morgan fingerprint density at radius 1 is 1.30 bits per heavy atom. The van der Waals surface area contributed by atoms with E-state index in [1.807, 2.05) is 19.9 Å². The molecule has 1 aromatic rings. The largest absolute Gasteiger partial charge is 0.466 e. The highest BCUT2D eigenvalue weighted by atomic mass is 16.5. The average Bonchev–Trinajstić information content (AvgIpc) is 2.64. The topological polar surface area (TPSA) is 43.4 Å². The third kappa shape index (κ3) is 2.77. The standard InChI is InChI=1S/C17H22O3/c1-5-20-17(19)8-13-6-10(2)15-9-14(12(4)18)11(3)7-16(13)15/h7,9-10,13H,5-6,8H2,1-4H3/t10-,13-/m0/s1. The lowest BCUT2D eigenvalue weighted by molar-refractivity contribution is -0.143. The van der Waals surface area contributed by atoms with E-state index in [9.17, 15) is 9.59 Å². The first-order valence-corrected chi connectivity index (χ1v) is 7.25. The van der Waals surface area contributed by atoms with Gasteiger partial charge in [0.25, 0.3) is 0 Å². The van der Waals surface area contributed by atoms with Crippen LogP contribution in [0.25, 0.3) is 0 Å². The number of benzene rings is 1. The number of aryl methyl sites for hydroxylation is 1. The fourth-order valence-corrected chi connectivity index (χ4v) is 3.20. The summed E-state index contributed by atoms with van der Waals surface area (Å²) in [7, 11) is 0. The second-order valence-corrected chi connectivity index (χ2v) is 5.70. The highest BCUT2D eigenvalue weighted by Gasteiger charge is 2.31. The van der Waals surface area contributed by atoms with Gasteiger partial charge in [0.05, 0.1) is 13.0 Å². The molecule has 2 rings (SSSR count). The summed E-state index contributed by atoms with van der Waals surface area (Å²) in [6.45, 7) is 7.97. The molecule has 1 aliphatic rings. The van der Waals surface area contributed by atoms with Gasteiger partial charge in [-0.05, 0) is 61.8 Å². The van der Waals surface area contributed by atoms with Crippen molar-refractivity contribution >= 4 is 11.8 Å². The first-order chi connectivity index (χ1) is 9.43. The van der Waals surface area contributed by atoms with Gasteiger partial charge in [0.15, 0.2) is 5.78 Å². The van der Waals surface area contributed by atoms with Gasteiger partial charge in [-0.1, -0.05) is 13.0 Å². The Labute approximate surface area is 120 Å². The number of rotatable bonds is 4. The Hall–Kier alpha value is -1.64. The summed E-state index contributed by atoms with van der Waals surface area (Å²) >= 11 is 0. The smallest absolute Gasteiger partial charge is 0.306 e. The maximum atomic E-state index is 11.7. The molecule has 0 heterocycles. The number of carbonyl (C=O) groups is 2. The van der Waals surface area contributed by atoms with Crippen LogP contribution in [0.3, 0.4) is 0 Å². The van der Waals surface area contributed by atoms with Crippen molar-refractivity contribution in [3.8, 4) is 0 Å². The van der Waals surface area contributed by atoms with Crippen molar-refractivity contribution in [1.82, 2.24) is 0 Å². The van der Waals surface area contributed by atoms with E-state index in [1.54, 1.807) is 6.92 Å². The first kappa shape index (κ1) is 14.8. The van der Waals surface area contributed by atoms with Gasteiger partial charge in [-0.2, -0.15) is 0 Å². The lowest BCUT2D eigenvalue weighted by Crippen LogP contribution is -2.09. The van der Waals surface area contributed by atoms with Gasteiger partial charge < -0.3 is 4.74 Å². The lowest BCUT2D eigenvalue weighted by atomic mass is 9.93. The normalized spacial score (nSPS) is 20.6. The van der Waals surface area contributed by atoms with Gasteiger partial charge in [0, 0.05) is 5.56 Å². The fourth-order valence-electron chi connectivity index (χ4n) is 3.20. The number of hydrogen-bond acceptors (Lipinski definition) is 3. The van der Waals surface area contributed by atoms with Gasteiger partial charge in [-0.3, -0.25) is 9.59 Å². The monoisotopic (exact) mass is 274 g/mol. The molecule has 0 saturated carbocycles. The van der Waals surface area contributed by atoms with Crippen LogP contribution in [0.5, 0.6) is 0 Å². The van der Waals surface area contributed by atoms with Crippen molar-refractivity contribution in [3.63, 3.8) is 0 Å². The van der Waals surface area contributed by atoms with Crippen LogP contribution < -0.4 is 0 Å². The quantitative estimate of drug-likeness (QED) is 0.620. The van der Waals surface area contributed by atoms with Gasteiger partial charge in [-0.25, -0.2) is 0 Å². The van der Waals surface area contributed by atoms with Gasteiger partial charge in [0.2, 0.25) is 0 Å². The van der Waals surface area contributed by atoms with Crippen LogP contribution in [0.4, 0.5) is 0 Å². The Balaban J connectivity index is 2.31. The van der Waals surface area contributed by atoms with E-state index in [0.29, 0.717) is 18.9 Å². The molecule has 0 aromatic heterocycles. The summed E-state index contributed by atoms with van der Waals surface area (Å²) in [6, 6.07) is 4.10. The number of ether oxygens (including phenoxy) is 1. The predicted octanol–water partition coefficient (Wildman–Crippen LogP) is 3.74. The SMILES string of the molecule is CCOC(=O)C[C@@H]1C[C@H](C)c2cc(C(C)=O)c(C)cc21. The molecule has 2 atom stereocenters. The number of ketones is 1. The van der Waals surface area contributed by atoms with E-state index < -0.39 is 0 Å². The van der Waals surface area contributed by atoms with Crippen molar-refractivity contribution in [2.24, 2.45) is 0 Å². The van der Waals surface area contributed by atoms with Gasteiger partial charge >= 0.3 is 5.97 Å². The summed E-state index contributed by atoms with van der Waals surface area (Å²) < 4.78 is 5.05. The second-order valence-electron chi connectivity index (χ2n) is 5.70. The minimum absolute atomic E-state index is 0.103. The zero-order valence-corrected chi connectivity index (χ0v) is 12.7. The van der Waals surface area contributed by atoms with Crippen molar-refractivity contribution in [1.29, 1.82) is 0 Å². The minimum atomic E-state index is -0.133. The minimum Gasteiger partial charge on any atom is -0.466 e. The molecule has 0 aliphatic heterocycles. The molecule has 0 N–H and O–H groups in total. The molecule has 0 fully saturated rings. The Morgan fingerprint density at radius 2 is 2.00 bits per heavy atom. The highest BCUT2D eigenvalue weighted by Crippen LogP contribution is 2.44. The summed E-state index contributed by atoms with van der Waals surface area (Å²) in [4.78, 5) is 23.3. The summed E-state index contributed by atoms with van der Waals surface area (Å²) in [5.74, 6) is 0.582. The zero-order valence-electron chi connectivity index (χ0n) is 12.7. The molecular weight excluding hydrogens is 252 g/mol. The molecular formula is C17H22O3. The molecule has 0 amide bonds. The third-order valence-electron chi connectivity index (χ3n) is 4.14. The maximum Gasteiger partial charge on any atom is 0.306 e. The van der Waals surface area contributed by atoms with Crippen LogP contribution in [0.1, 0.15) is 72.5 Å². The Morgan fingerprint density at radius 3 is 2.60 bits per heavy atom. The molecule has 20 heavy (non-hydrogen) atoms. The molecule has 1 aromatic carbocycles. The van der Waals surface area contributed by atoms with E-state index in [2.05, 4.69) is 13.0 Å². The van der Waals surface area contributed by atoms with Crippen LogP contribution >= 0.6 is 0 Å². The lowest BCUT2D eigenvalue weighted by Gasteiger charge is -2.13. The molecule has 3 nitrogen and oxygen atoms in total. The molecule has 0 bridgehead atoms. The van der Waals surface area contributed by atoms with Crippen molar-refractivity contribution in [2.45, 2.75) is 52.4 Å². The number of fused-ring (bicyclic) bond motifs is 1. The molecule has 0 saturated heterocycles. The summed E-state index contributed by atoms with van der Waals surface area (Å²) in [5, 5.41) is 0. The van der Waals surface area contributed by atoms with Crippen molar-refractivity contribution in [3.05, 3.63) is 34.4 Å².